The Hall–Kier alpha value is -1.82. The van der Waals surface area contributed by atoms with Crippen molar-refractivity contribution in [3.63, 3.8) is 0 Å². The molecular formula is C20H35N5O. The maximum Gasteiger partial charge on any atom is 0.191 e. The van der Waals surface area contributed by atoms with Crippen molar-refractivity contribution in [2.75, 3.05) is 33.3 Å². The van der Waals surface area contributed by atoms with E-state index in [1.807, 2.05) is 20.0 Å². The lowest BCUT2D eigenvalue weighted by molar-refractivity contribution is 0.206. The summed E-state index contributed by atoms with van der Waals surface area (Å²) in [7, 11) is 1.71. The number of hydrogen-bond donors (Lipinski definition) is 2. The number of nitrogens with zero attached hydrogens (tertiary/aromatic N) is 3. The van der Waals surface area contributed by atoms with Gasteiger partial charge in [-0.15, -0.1) is 0 Å². The van der Waals surface area contributed by atoms with Crippen LogP contribution in [0.15, 0.2) is 11.2 Å². The second-order valence-corrected chi connectivity index (χ2v) is 7.00. The summed E-state index contributed by atoms with van der Waals surface area (Å²) in [4.78, 5) is 11.9. The summed E-state index contributed by atoms with van der Waals surface area (Å²) in [6.45, 7) is 13.4. The molecule has 0 saturated carbocycles. The molecule has 0 aromatic carbocycles. The summed E-state index contributed by atoms with van der Waals surface area (Å²) in [6.07, 6.45) is 5.43. The number of aromatic nitrogens is 1. The number of methoxy groups -OCH3 is 1. The van der Waals surface area contributed by atoms with Crippen LogP contribution in [-0.2, 0) is 6.54 Å². The summed E-state index contributed by atoms with van der Waals surface area (Å²) >= 11 is 0. The van der Waals surface area contributed by atoms with Crippen LogP contribution in [0, 0.1) is 13.8 Å². The Morgan fingerprint density at radius 2 is 2.04 bits per heavy atom. The van der Waals surface area contributed by atoms with E-state index in [4.69, 9.17) is 9.73 Å². The van der Waals surface area contributed by atoms with E-state index in [9.17, 15) is 0 Å². The van der Waals surface area contributed by atoms with Gasteiger partial charge in [-0.25, -0.2) is 4.99 Å². The molecule has 0 unspecified atom stereocenters. The second kappa shape index (κ2) is 10.4. The molecule has 0 aliphatic carbocycles. The molecule has 1 aromatic heterocycles. The molecule has 1 saturated heterocycles. The molecule has 1 aliphatic heterocycles. The minimum atomic E-state index is 0.488. The number of ether oxygens (including phenoxy) is 1. The van der Waals surface area contributed by atoms with E-state index in [1.165, 1.54) is 38.9 Å². The molecule has 0 amide bonds. The van der Waals surface area contributed by atoms with Gasteiger partial charge in [-0.05, 0) is 46.6 Å². The summed E-state index contributed by atoms with van der Waals surface area (Å²) < 4.78 is 5.50. The van der Waals surface area contributed by atoms with Gasteiger partial charge in [-0.1, -0.05) is 6.92 Å². The van der Waals surface area contributed by atoms with Crippen LogP contribution in [0.3, 0.4) is 0 Å². The molecular weight excluding hydrogens is 326 g/mol. The Labute approximate surface area is 158 Å². The third kappa shape index (κ3) is 5.59. The number of rotatable bonds is 7. The van der Waals surface area contributed by atoms with Crippen molar-refractivity contribution in [2.45, 2.75) is 59.5 Å². The second-order valence-electron chi connectivity index (χ2n) is 7.00. The Balaban J connectivity index is 1.99. The zero-order valence-corrected chi connectivity index (χ0v) is 17.1. The molecule has 1 aliphatic rings. The molecule has 2 heterocycles. The van der Waals surface area contributed by atoms with Crippen LogP contribution in [0.4, 0.5) is 0 Å². The molecule has 6 heteroatoms. The summed E-state index contributed by atoms with van der Waals surface area (Å²) in [5.41, 5.74) is 3.09. The van der Waals surface area contributed by atoms with E-state index in [0.717, 1.165) is 35.1 Å². The van der Waals surface area contributed by atoms with Crippen LogP contribution in [0.25, 0.3) is 0 Å². The smallest absolute Gasteiger partial charge is 0.191 e. The Morgan fingerprint density at radius 1 is 1.31 bits per heavy atom. The van der Waals surface area contributed by atoms with E-state index in [-0.39, 0.29) is 0 Å². The normalized spacial score (nSPS) is 16.6. The van der Waals surface area contributed by atoms with Gasteiger partial charge in [0.25, 0.3) is 0 Å². The number of hydrogen-bond acceptors (Lipinski definition) is 4. The summed E-state index contributed by atoms with van der Waals surface area (Å²) in [6, 6.07) is 0.488. The average molecular weight is 362 g/mol. The number of likely N-dealkylation sites (tertiary alicyclic amines) is 1. The molecule has 0 atom stereocenters. The minimum Gasteiger partial charge on any atom is -0.496 e. The molecule has 2 rings (SSSR count). The van der Waals surface area contributed by atoms with Gasteiger partial charge in [0.05, 0.1) is 19.3 Å². The number of aryl methyl sites for hydroxylation is 1. The topological polar surface area (TPSA) is 61.8 Å². The first-order chi connectivity index (χ1) is 12.6. The molecule has 1 fully saturated rings. The van der Waals surface area contributed by atoms with Crippen LogP contribution < -0.4 is 15.4 Å². The number of nitrogens with one attached hydrogen (secondary N) is 2. The highest BCUT2D eigenvalue weighted by Gasteiger charge is 2.19. The van der Waals surface area contributed by atoms with Crippen LogP contribution in [0.2, 0.25) is 0 Å². The largest absolute Gasteiger partial charge is 0.496 e. The Kier molecular flexibility index (Phi) is 8.16. The first kappa shape index (κ1) is 20.5. The van der Waals surface area contributed by atoms with E-state index in [2.05, 4.69) is 34.4 Å². The van der Waals surface area contributed by atoms with Gasteiger partial charge in [0.2, 0.25) is 0 Å². The molecule has 0 bridgehead atoms. The lowest BCUT2D eigenvalue weighted by Gasteiger charge is -2.32. The number of piperidine rings is 1. The fraction of sp³-hybridized carbons (Fsp3) is 0.700. The first-order valence-corrected chi connectivity index (χ1v) is 9.85. The maximum absolute atomic E-state index is 5.50. The molecule has 0 spiro atoms. The number of aliphatic imine (C=N–C) groups is 1. The molecule has 26 heavy (non-hydrogen) atoms. The monoisotopic (exact) mass is 361 g/mol. The van der Waals surface area contributed by atoms with Gasteiger partial charge >= 0.3 is 0 Å². The van der Waals surface area contributed by atoms with Gasteiger partial charge in [0, 0.05) is 43.0 Å². The van der Waals surface area contributed by atoms with E-state index in [0.29, 0.717) is 12.6 Å². The highest BCUT2D eigenvalue weighted by atomic mass is 16.5. The van der Waals surface area contributed by atoms with Gasteiger partial charge in [0.1, 0.15) is 5.75 Å². The SMILES string of the molecule is CCCN1CCC(NC(=NCc2ncc(C)c(OC)c2C)NCC)CC1. The van der Waals surface area contributed by atoms with Crippen molar-refractivity contribution in [3.05, 3.63) is 23.0 Å². The van der Waals surface area contributed by atoms with Crippen LogP contribution in [0.1, 0.15) is 49.9 Å². The Morgan fingerprint density at radius 3 is 2.65 bits per heavy atom. The van der Waals surface area contributed by atoms with Crippen LogP contribution >= 0.6 is 0 Å². The molecule has 0 radical (unpaired) electrons. The van der Waals surface area contributed by atoms with E-state index >= 15 is 0 Å². The van der Waals surface area contributed by atoms with Crippen molar-refractivity contribution in [1.29, 1.82) is 0 Å². The number of guanidine groups is 1. The zero-order valence-electron chi connectivity index (χ0n) is 17.1. The van der Waals surface area contributed by atoms with Crippen molar-refractivity contribution >= 4 is 5.96 Å². The van der Waals surface area contributed by atoms with E-state index < -0.39 is 0 Å². The predicted octanol–water partition coefficient (Wildman–Crippen LogP) is 2.64. The van der Waals surface area contributed by atoms with Crippen molar-refractivity contribution in [2.24, 2.45) is 4.99 Å². The molecule has 146 valence electrons. The standard InChI is InChI=1S/C20H35N5O/c1-6-10-25-11-8-17(9-12-25)24-20(21-7-2)23-14-18-16(4)19(26-5)15(3)13-22-18/h13,17H,6-12,14H2,1-5H3,(H2,21,23,24). The lowest BCUT2D eigenvalue weighted by atomic mass is 10.1. The molecule has 6 nitrogen and oxygen atoms in total. The van der Waals surface area contributed by atoms with Crippen LogP contribution in [0.5, 0.6) is 5.75 Å². The van der Waals surface area contributed by atoms with Crippen molar-refractivity contribution in [1.82, 2.24) is 20.5 Å². The quantitative estimate of drug-likeness (QED) is 0.577. The average Bonchev–Trinajstić information content (AvgIpc) is 2.63. The van der Waals surface area contributed by atoms with Crippen LogP contribution in [-0.4, -0.2) is 55.2 Å². The third-order valence-electron chi connectivity index (χ3n) is 4.95. The van der Waals surface area contributed by atoms with Gasteiger partial charge < -0.3 is 20.3 Å². The molecule has 1 aromatic rings. The van der Waals surface area contributed by atoms with Gasteiger partial charge in [0.15, 0.2) is 5.96 Å². The number of pyridine rings is 1. The maximum atomic E-state index is 5.50. The third-order valence-corrected chi connectivity index (χ3v) is 4.95. The lowest BCUT2D eigenvalue weighted by Crippen LogP contribution is -2.48. The van der Waals surface area contributed by atoms with Gasteiger partial charge in [-0.3, -0.25) is 4.98 Å². The first-order valence-electron chi connectivity index (χ1n) is 9.85. The fourth-order valence-electron chi connectivity index (χ4n) is 3.51. The Bertz CT molecular complexity index is 594. The zero-order chi connectivity index (χ0) is 18.9. The minimum absolute atomic E-state index is 0.488. The predicted molar refractivity (Wildman–Crippen MR) is 108 cm³/mol. The summed E-state index contributed by atoms with van der Waals surface area (Å²) in [5, 5.41) is 6.96. The van der Waals surface area contributed by atoms with Crippen molar-refractivity contribution in [3.8, 4) is 5.75 Å². The fourth-order valence-corrected chi connectivity index (χ4v) is 3.51. The highest BCUT2D eigenvalue weighted by Crippen LogP contribution is 2.24. The molecule has 2 N–H and O–H groups in total. The van der Waals surface area contributed by atoms with E-state index in [1.54, 1.807) is 7.11 Å². The summed E-state index contributed by atoms with van der Waals surface area (Å²) in [5.74, 6) is 1.79. The van der Waals surface area contributed by atoms with Crippen molar-refractivity contribution < 1.29 is 4.74 Å². The van der Waals surface area contributed by atoms with Gasteiger partial charge in [-0.2, -0.15) is 0 Å². The highest BCUT2D eigenvalue weighted by molar-refractivity contribution is 5.80.